The monoisotopic (exact) mass is 299 g/mol. The van der Waals surface area contributed by atoms with E-state index in [1.54, 1.807) is 30.3 Å². The Morgan fingerprint density at radius 1 is 0.818 bits per heavy atom. The number of aromatic nitrogens is 1. The lowest BCUT2D eigenvalue weighted by Crippen LogP contribution is -2.11. The minimum Gasteiger partial charge on any atom is -0.478 e. The molecule has 3 aromatic rings. The second kappa shape index (κ2) is 4.59. The Morgan fingerprint density at radius 3 is 2.05 bits per heavy atom. The third kappa shape index (κ3) is 1.72. The molecule has 7 heteroatoms. The summed E-state index contributed by atoms with van der Waals surface area (Å²) in [7, 11) is 0. The maximum absolute atomic E-state index is 11.6. The Kier molecular flexibility index (Phi) is 2.84. The molecule has 0 unspecified atom stereocenters. The standard InChI is InChI=1S/C15H9NO6/c17-13(18)9-10(14(19)20)12(15(21)22)16-6-5-7-3-1-2-4-8(7)11(9)16/h1-6H,(H,17,18)(H,19,20)(H,21,22). The highest BCUT2D eigenvalue weighted by Crippen LogP contribution is 2.30. The summed E-state index contributed by atoms with van der Waals surface area (Å²) < 4.78 is 1.09. The smallest absolute Gasteiger partial charge is 0.353 e. The van der Waals surface area contributed by atoms with Gasteiger partial charge in [-0.2, -0.15) is 0 Å². The number of rotatable bonds is 3. The van der Waals surface area contributed by atoms with Crippen LogP contribution in [0.5, 0.6) is 0 Å². The van der Waals surface area contributed by atoms with Gasteiger partial charge < -0.3 is 19.7 Å². The number of fused-ring (bicyclic) bond motifs is 3. The molecule has 2 aromatic heterocycles. The molecule has 0 fully saturated rings. The Balaban J connectivity index is 2.68. The van der Waals surface area contributed by atoms with Crippen LogP contribution in [0, 0.1) is 0 Å². The summed E-state index contributed by atoms with van der Waals surface area (Å²) in [5.74, 6) is -4.59. The van der Waals surface area contributed by atoms with Gasteiger partial charge in [0.15, 0.2) is 0 Å². The third-order valence-corrected chi connectivity index (χ3v) is 3.45. The van der Waals surface area contributed by atoms with Crippen molar-refractivity contribution >= 4 is 34.2 Å². The van der Waals surface area contributed by atoms with E-state index in [2.05, 4.69) is 0 Å². The van der Waals surface area contributed by atoms with Gasteiger partial charge >= 0.3 is 17.9 Å². The highest BCUT2D eigenvalue weighted by molar-refractivity contribution is 6.17. The zero-order chi connectivity index (χ0) is 16.0. The Morgan fingerprint density at radius 2 is 1.45 bits per heavy atom. The molecule has 2 heterocycles. The van der Waals surface area contributed by atoms with Crippen LogP contribution < -0.4 is 0 Å². The molecule has 3 rings (SSSR count). The van der Waals surface area contributed by atoms with E-state index in [1.807, 2.05) is 0 Å². The predicted molar refractivity (Wildman–Crippen MR) is 75.8 cm³/mol. The summed E-state index contributed by atoms with van der Waals surface area (Å²) in [6, 6.07) is 8.37. The molecular formula is C15H9NO6. The molecule has 0 spiro atoms. The van der Waals surface area contributed by atoms with Crippen LogP contribution in [0.1, 0.15) is 31.2 Å². The van der Waals surface area contributed by atoms with Crippen molar-refractivity contribution in [2.24, 2.45) is 0 Å². The lowest BCUT2D eigenvalue weighted by atomic mass is 10.1. The fourth-order valence-corrected chi connectivity index (χ4v) is 2.64. The van der Waals surface area contributed by atoms with Gasteiger partial charge in [0.05, 0.1) is 5.52 Å². The minimum absolute atomic E-state index is 0.0559. The van der Waals surface area contributed by atoms with Crippen molar-refractivity contribution in [1.82, 2.24) is 4.40 Å². The highest BCUT2D eigenvalue weighted by Gasteiger charge is 2.31. The van der Waals surface area contributed by atoms with Gasteiger partial charge in [-0.25, -0.2) is 14.4 Å². The Bertz CT molecular complexity index is 969. The summed E-state index contributed by atoms with van der Waals surface area (Å²) in [6.45, 7) is 0. The summed E-state index contributed by atoms with van der Waals surface area (Å²) in [6.07, 6.45) is 1.36. The van der Waals surface area contributed by atoms with E-state index in [4.69, 9.17) is 0 Å². The SMILES string of the molecule is O=C(O)c1c(C(=O)O)c2c3ccccc3ccn2c1C(=O)O. The largest absolute Gasteiger partial charge is 0.478 e. The van der Waals surface area contributed by atoms with Crippen LogP contribution in [0.4, 0.5) is 0 Å². The molecule has 110 valence electrons. The first kappa shape index (κ1) is 13.6. The summed E-state index contributed by atoms with van der Waals surface area (Å²) in [5, 5.41) is 29.1. The Labute approximate surface area is 122 Å². The Hall–Kier alpha value is -3.35. The highest BCUT2D eigenvalue weighted by atomic mass is 16.4. The average Bonchev–Trinajstić information content (AvgIpc) is 2.83. The van der Waals surface area contributed by atoms with E-state index < -0.39 is 34.7 Å². The predicted octanol–water partition coefficient (Wildman–Crippen LogP) is 2.19. The normalized spacial score (nSPS) is 10.9. The zero-order valence-corrected chi connectivity index (χ0v) is 11.0. The van der Waals surface area contributed by atoms with Gasteiger partial charge in [-0.15, -0.1) is 0 Å². The van der Waals surface area contributed by atoms with Crippen LogP contribution in [0.3, 0.4) is 0 Å². The topological polar surface area (TPSA) is 116 Å². The molecule has 0 aliphatic carbocycles. The van der Waals surface area contributed by atoms with E-state index in [9.17, 15) is 29.7 Å². The molecule has 3 N–H and O–H groups in total. The molecule has 0 amide bonds. The number of hydrogen-bond acceptors (Lipinski definition) is 3. The molecule has 0 saturated heterocycles. The van der Waals surface area contributed by atoms with E-state index in [-0.39, 0.29) is 5.52 Å². The van der Waals surface area contributed by atoms with E-state index in [0.29, 0.717) is 10.8 Å². The van der Waals surface area contributed by atoms with Crippen LogP contribution in [0.25, 0.3) is 16.3 Å². The molecule has 0 bridgehead atoms. The maximum atomic E-state index is 11.6. The number of carboxylic acid groups (broad SMARTS) is 3. The van der Waals surface area contributed by atoms with Gasteiger partial charge in [0.2, 0.25) is 0 Å². The maximum Gasteiger partial charge on any atom is 0.353 e. The zero-order valence-electron chi connectivity index (χ0n) is 11.0. The minimum atomic E-state index is -1.59. The second-order valence-corrected chi connectivity index (χ2v) is 4.64. The summed E-state index contributed by atoms with van der Waals surface area (Å²) >= 11 is 0. The fourth-order valence-electron chi connectivity index (χ4n) is 2.64. The van der Waals surface area contributed by atoms with Gasteiger partial charge in [0.25, 0.3) is 0 Å². The van der Waals surface area contributed by atoms with Crippen molar-refractivity contribution in [3.8, 4) is 0 Å². The lowest BCUT2D eigenvalue weighted by Gasteiger charge is -2.03. The van der Waals surface area contributed by atoms with E-state index in [0.717, 1.165) is 4.40 Å². The van der Waals surface area contributed by atoms with Gasteiger partial charge in [-0.1, -0.05) is 24.3 Å². The van der Waals surface area contributed by atoms with Crippen molar-refractivity contribution in [2.45, 2.75) is 0 Å². The number of aromatic carboxylic acids is 3. The van der Waals surface area contributed by atoms with Crippen molar-refractivity contribution in [1.29, 1.82) is 0 Å². The van der Waals surface area contributed by atoms with E-state index in [1.165, 1.54) is 6.20 Å². The van der Waals surface area contributed by atoms with Crippen molar-refractivity contribution in [3.05, 3.63) is 53.3 Å². The third-order valence-electron chi connectivity index (χ3n) is 3.45. The molecule has 22 heavy (non-hydrogen) atoms. The first-order valence-corrected chi connectivity index (χ1v) is 6.19. The number of pyridine rings is 1. The van der Waals surface area contributed by atoms with Crippen LogP contribution in [-0.4, -0.2) is 37.6 Å². The fraction of sp³-hybridized carbons (Fsp3) is 0. The van der Waals surface area contributed by atoms with Crippen molar-refractivity contribution in [3.63, 3.8) is 0 Å². The number of carbonyl (C=O) groups is 3. The molecule has 7 nitrogen and oxygen atoms in total. The first-order chi connectivity index (χ1) is 10.4. The summed E-state index contributed by atoms with van der Waals surface area (Å²) in [4.78, 5) is 34.4. The molecular weight excluding hydrogens is 290 g/mol. The van der Waals surface area contributed by atoms with Crippen LogP contribution in [0.2, 0.25) is 0 Å². The van der Waals surface area contributed by atoms with Gasteiger partial charge in [0.1, 0.15) is 16.8 Å². The van der Waals surface area contributed by atoms with Gasteiger partial charge in [-0.05, 0) is 11.5 Å². The molecule has 0 aliphatic rings. The number of nitrogens with zero attached hydrogens (tertiary/aromatic N) is 1. The summed E-state index contributed by atoms with van der Waals surface area (Å²) in [5.41, 5.74) is -1.77. The van der Waals surface area contributed by atoms with Crippen molar-refractivity contribution < 1.29 is 29.7 Å². The molecule has 0 atom stereocenters. The molecule has 0 radical (unpaired) electrons. The van der Waals surface area contributed by atoms with Gasteiger partial charge in [0, 0.05) is 11.6 Å². The average molecular weight is 299 g/mol. The number of carboxylic acids is 3. The van der Waals surface area contributed by atoms with Crippen molar-refractivity contribution in [2.75, 3.05) is 0 Å². The van der Waals surface area contributed by atoms with Crippen LogP contribution >= 0.6 is 0 Å². The second-order valence-electron chi connectivity index (χ2n) is 4.64. The van der Waals surface area contributed by atoms with Crippen LogP contribution in [0.15, 0.2) is 36.5 Å². The van der Waals surface area contributed by atoms with E-state index >= 15 is 0 Å². The number of benzene rings is 1. The lowest BCUT2D eigenvalue weighted by molar-refractivity contribution is 0.0634. The molecule has 0 aliphatic heterocycles. The quantitative estimate of drug-likeness (QED) is 0.682. The molecule has 1 aromatic carbocycles. The van der Waals surface area contributed by atoms with Gasteiger partial charge in [-0.3, -0.25) is 0 Å². The first-order valence-electron chi connectivity index (χ1n) is 6.19. The number of hydrogen-bond donors (Lipinski definition) is 3. The molecule has 0 saturated carbocycles. The van der Waals surface area contributed by atoms with Crippen LogP contribution in [-0.2, 0) is 0 Å².